The Labute approximate surface area is 69.2 Å². The fourth-order valence-corrected chi connectivity index (χ4v) is 1.80. The van der Waals surface area contributed by atoms with Crippen LogP contribution in [0.2, 0.25) is 0 Å². The van der Waals surface area contributed by atoms with E-state index in [2.05, 4.69) is 25.8 Å². The summed E-state index contributed by atoms with van der Waals surface area (Å²) in [6.07, 6.45) is 2.27. The summed E-state index contributed by atoms with van der Waals surface area (Å²) in [5.41, 5.74) is 0.283. The molecule has 0 radical (unpaired) electrons. The summed E-state index contributed by atoms with van der Waals surface area (Å²) in [7, 11) is 2.16. The van der Waals surface area contributed by atoms with E-state index in [0.717, 1.165) is 19.4 Å². The smallest absolute Gasteiger partial charge is 0.0460 e. The van der Waals surface area contributed by atoms with Gasteiger partial charge in [-0.2, -0.15) is 0 Å². The van der Waals surface area contributed by atoms with Crippen molar-refractivity contribution in [1.82, 2.24) is 4.90 Å². The maximum atomic E-state index is 8.99. The molecule has 0 aliphatic carbocycles. The molecule has 0 bridgehead atoms. The Hall–Kier alpha value is -0.0800. The molecule has 0 amide bonds. The Kier molecular flexibility index (Phi) is 2.55. The van der Waals surface area contributed by atoms with E-state index in [1.165, 1.54) is 0 Å². The maximum Gasteiger partial charge on any atom is 0.0460 e. The second kappa shape index (κ2) is 3.11. The van der Waals surface area contributed by atoms with Gasteiger partial charge in [0.2, 0.25) is 0 Å². The van der Waals surface area contributed by atoms with Crippen LogP contribution in [0.5, 0.6) is 0 Å². The molecule has 0 aromatic carbocycles. The van der Waals surface area contributed by atoms with Gasteiger partial charge >= 0.3 is 0 Å². The van der Waals surface area contributed by atoms with Crippen molar-refractivity contribution in [2.24, 2.45) is 5.92 Å². The third-order valence-corrected chi connectivity index (χ3v) is 2.95. The van der Waals surface area contributed by atoms with Crippen LogP contribution in [-0.2, 0) is 0 Å². The highest BCUT2D eigenvalue weighted by Crippen LogP contribution is 2.29. The van der Waals surface area contributed by atoms with Crippen molar-refractivity contribution in [3.63, 3.8) is 0 Å². The van der Waals surface area contributed by atoms with Crippen LogP contribution in [0.25, 0.3) is 0 Å². The molecular weight excluding hydrogens is 138 g/mol. The van der Waals surface area contributed by atoms with Gasteiger partial charge < -0.3 is 10.0 Å². The van der Waals surface area contributed by atoms with Gasteiger partial charge in [0.1, 0.15) is 0 Å². The first-order valence-corrected chi connectivity index (χ1v) is 4.38. The first kappa shape index (κ1) is 9.01. The normalized spacial score (nSPS) is 32.2. The number of hydrogen-bond acceptors (Lipinski definition) is 2. The molecule has 0 spiro atoms. The lowest BCUT2D eigenvalue weighted by molar-refractivity contribution is 0.0480. The minimum absolute atomic E-state index is 0.283. The highest BCUT2D eigenvalue weighted by atomic mass is 16.3. The standard InChI is InChI=1S/C9H19NO/c1-9(2)6-8(7-11)4-5-10(9)3/h8,11H,4-7H2,1-3H3. The largest absolute Gasteiger partial charge is 0.396 e. The summed E-state index contributed by atoms with van der Waals surface area (Å²) in [4.78, 5) is 2.37. The van der Waals surface area contributed by atoms with Crippen molar-refractivity contribution in [2.75, 3.05) is 20.2 Å². The minimum Gasteiger partial charge on any atom is -0.396 e. The van der Waals surface area contributed by atoms with Crippen molar-refractivity contribution in [3.05, 3.63) is 0 Å². The van der Waals surface area contributed by atoms with Crippen LogP contribution in [0, 0.1) is 5.92 Å². The molecular formula is C9H19NO. The van der Waals surface area contributed by atoms with Crippen LogP contribution in [-0.4, -0.2) is 35.7 Å². The van der Waals surface area contributed by atoms with E-state index in [1.54, 1.807) is 0 Å². The number of likely N-dealkylation sites (tertiary alicyclic amines) is 1. The van der Waals surface area contributed by atoms with Crippen molar-refractivity contribution >= 4 is 0 Å². The van der Waals surface area contributed by atoms with Gasteiger partial charge in [0, 0.05) is 12.1 Å². The monoisotopic (exact) mass is 157 g/mol. The molecule has 66 valence electrons. The topological polar surface area (TPSA) is 23.5 Å². The summed E-state index contributed by atoms with van der Waals surface area (Å²) < 4.78 is 0. The second-order valence-corrected chi connectivity index (χ2v) is 4.28. The molecule has 0 aromatic heterocycles. The molecule has 11 heavy (non-hydrogen) atoms. The summed E-state index contributed by atoms with van der Waals surface area (Å²) in [6, 6.07) is 0. The number of aliphatic hydroxyl groups is 1. The number of rotatable bonds is 1. The van der Waals surface area contributed by atoms with Crippen LogP contribution in [0.15, 0.2) is 0 Å². The Morgan fingerprint density at radius 1 is 1.55 bits per heavy atom. The fraction of sp³-hybridized carbons (Fsp3) is 1.00. The third-order valence-electron chi connectivity index (χ3n) is 2.95. The van der Waals surface area contributed by atoms with Gasteiger partial charge in [-0.05, 0) is 46.2 Å². The summed E-state index contributed by atoms with van der Waals surface area (Å²) in [5.74, 6) is 0.529. The van der Waals surface area contributed by atoms with Gasteiger partial charge in [-0.1, -0.05) is 0 Å². The van der Waals surface area contributed by atoms with Gasteiger partial charge in [0.25, 0.3) is 0 Å². The lowest BCUT2D eigenvalue weighted by Crippen LogP contribution is -2.48. The van der Waals surface area contributed by atoms with E-state index in [1.807, 2.05) is 0 Å². The third kappa shape index (κ3) is 1.94. The minimum atomic E-state index is 0.283. The summed E-state index contributed by atoms with van der Waals surface area (Å²) in [6.45, 7) is 5.97. The Balaban J connectivity index is 2.52. The lowest BCUT2D eigenvalue weighted by atomic mass is 9.83. The molecule has 1 aliphatic heterocycles. The van der Waals surface area contributed by atoms with Gasteiger partial charge in [-0.3, -0.25) is 0 Å². The number of piperidine rings is 1. The highest BCUT2D eigenvalue weighted by Gasteiger charge is 2.31. The summed E-state index contributed by atoms with van der Waals surface area (Å²) >= 11 is 0. The molecule has 1 aliphatic rings. The molecule has 0 aromatic rings. The molecule has 1 heterocycles. The van der Waals surface area contributed by atoms with Crippen LogP contribution < -0.4 is 0 Å². The predicted octanol–water partition coefficient (Wildman–Crippen LogP) is 1.10. The quantitative estimate of drug-likeness (QED) is 0.616. The zero-order chi connectivity index (χ0) is 8.48. The van der Waals surface area contributed by atoms with Gasteiger partial charge in [0.15, 0.2) is 0 Å². The molecule has 1 unspecified atom stereocenters. The van der Waals surface area contributed by atoms with Gasteiger partial charge in [-0.15, -0.1) is 0 Å². The molecule has 2 nitrogen and oxygen atoms in total. The molecule has 0 saturated carbocycles. The first-order valence-electron chi connectivity index (χ1n) is 4.38. The van der Waals surface area contributed by atoms with Crippen molar-refractivity contribution in [2.45, 2.75) is 32.2 Å². The van der Waals surface area contributed by atoms with E-state index in [9.17, 15) is 0 Å². The number of aliphatic hydroxyl groups excluding tert-OH is 1. The average molecular weight is 157 g/mol. The Bertz CT molecular complexity index is 134. The molecule has 1 rings (SSSR count). The van der Waals surface area contributed by atoms with Crippen molar-refractivity contribution in [1.29, 1.82) is 0 Å². The molecule has 1 saturated heterocycles. The van der Waals surface area contributed by atoms with E-state index in [4.69, 9.17) is 5.11 Å². The zero-order valence-corrected chi connectivity index (χ0v) is 7.80. The Morgan fingerprint density at radius 2 is 2.18 bits per heavy atom. The molecule has 1 N–H and O–H groups in total. The number of nitrogens with zero attached hydrogens (tertiary/aromatic N) is 1. The molecule has 2 heteroatoms. The SMILES string of the molecule is CN1CCC(CO)CC1(C)C. The van der Waals surface area contributed by atoms with Gasteiger partial charge in [0.05, 0.1) is 0 Å². The molecule has 1 fully saturated rings. The van der Waals surface area contributed by atoms with E-state index >= 15 is 0 Å². The van der Waals surface area contributed by atoms with E-state index < -0.39 is 0 Å². The van der Waals surface area contributed by atoms with Gasteiger partial charge in [-0.25, -0.2) is 0 Å². The van der Waals surface area contributed by atoms with Crippen molar-refractivity contribution < 1.29 is 5.11 Å². The van der Waals surface area contributed by atoms with E-state index in [-0.39, 0.29) is 5.54 Å². The second-order valence-electron chi connectivity index (χ2n) is 4.28. The van der Waals surface area contributed by atoms with Crippen LogP contribution >= 0.6 is 0 Å². The van der Waals surface area contributed by atoms with Crippen LogP contribution in [0.1, 0.15) is 26.7 Å². The average Bonchev–Trinajstić information content (AvgIpc) is 1.95. The zero-order valence-electron chi connectivity index (χ0n) is 7.80. The predicted molar refractivity (Wildman–Crippen MR) is 46.5 cm³/mol. The highest BCUT2D eigenvalue weighted by molar-refractivity contribution is 4.86. The maximum absolute atomic E-state index is 8.99. The molecule has 1 atom stereocenters. The van der Waals surface area contributed by atoms with E-state index in [0.29, 0.717) is 12.5 Å². The fourth-order valence-electron chi connectivity index (χ4n) is 1.80. The van der Waals surface area contributed by atoms with Crippen LogP contribution in [0.4, 0.5) is 0 Å². The van der Waals surface area contributed by atoms with Crippen molar-refractivity contribution in [3.8, 4) is 0 Å². The first-order chi connectivity index (χ1) is 5.06. The number of hydrogen-bond donors (Lipinski definition) is 1. The lowest BCUT2D eigenvalue weighted by Gasteiger charge is -2.43. The Morgan fingerprint density at radius 3 is 2.64 bits per heavy atom. The van der Waals surface area contributed by atoms with Crippen LogP contribution in [0.3, 0.4) is 0 Å². The summed E-state index contributed by atoms with van der Waals surface area (Å²) in [5, 5.41) is 8.99.